The molecule has 1 aromatic heterocycles. The van der Waals surface area contributed by atoms with E-state index in [0.29, 0.717) is 19.8 Å². The number of nitrogens with zero attached hydrogens (tertiary/aromatic N) is 1. The summed E-state index contributed by atoms with van der Waals surface area (Å²) in [4.78, 5) is 15.9. The van der Waals surface area contributed by atoms with Gasteiger partial charge in [0.05, 0.1) is 15.0 Å². The second kappa shape index (κ2) is 6.28. The first kappa shape index (κ1) is 14.9. The van der Waals surface area contributed by atoms with E-state index in [0.717, 1.165) is 12.8 Å². The molecule has 0 aliphatic carbocycles. The van der Waals surface area contributed by atoms with Gasteiger partial charge in [0.25, 0.3) is 0 Å². The number of alkyl halides is 1. The average molecular weight is 410 g/mol. The minimum absolute atomic E-state index is 0.127. The fraction of sp³-hybridized carbons (Fsp3) is 0.333. The van der Waals surface area contributed by atoms with E-state index in [2.05, 4.69) is 42.2 Å². The predicted molar refractivity (Wildman–Crippen MR) is 83.5 cm³/mol. The SMILES string of the molecule is CCCC(Br)C(=O)Nc1nc2c(Br)cc(F)cc2s1. The number of carbonyl (C=O) groups excluding carboxylic acids is 1. The number of nitrogens with one attached hydrogen (secondary N) is 1. The molecule has 1 heterocycles. The summed E-state index contributed by atoms with van der Waals surface area (Å²) in [6, 6.07) is 2.77. The number of thiazole rings is 1. The summed E-state index contributed by atoms with van der Waals surface area (Å²) in [5.74, 6) is -0.456. The lowest BCUT2D eigenvalue weighted by atomic mass is 10.2. The Morgan fingerprint density at radius 1 is 1.58 bits per heavy atom. The van der Waals surface area contributed by atoms with Crippen LogP contribution in [-0.2, 0) is 4.79 Å². The van der Waals surface area contributed by atoms with Crippen LogP contribution in [0, 0.1) is 5.82 Å². The van der Waals surface area contributed by atoms with Crippen molar-refractivity contribution in [2.45, 2.75) is 24.6 Å². The fourth-order valence-corrected chi connectivity index (χ4v) is 3.72. The molecule has 0 radical (unpaired) electrons. The van der Waals surface area contributed by atoms with Crippen LogP contribution in [0.2, 0.25) is 0 Å². The molecule has 3 nitrogen and oxygen atoms in total. The second-order valence-corrected chi connectivity index (χ2v) is 6.99. The fourth-order valence-electron chi connectivity index (χ4n) is 1.58. The molecule has 7 heteroatoms. The van der Waals surface area contributed by atoms with Crippen LogP contribution in [0.15, 0.2) is 16.6 Å². The number of amides is 1. The maximum atomic E-state index is 13.3. The van der Waals surface area contributed by atoms with Gasteiger partial charge in [-0.25, -0.2) is 9.37 Å². The van der Waals surface area contributed by atoms with E-state index in [1.165, 1.54) is 23.5 Å². The van der Waals surface area contributed by atoms with Crippen LogP contribution in [0.4, 0.5) is 9.52 Å². The Morgan fingerprint density at radius 3 is 3.00 bits per heavy atom. The second-order valence-electron chi connectivity index (χ2n) is 4.00. The molecular weight excluding hydrogens is 399 g/mol. The van der Waals surface area contributed by atoms with Gasteiger partial charge in [0.2, 0.25) is 5.91 Å². The lowest BCUT2D eigenvalue weighted by Crippen LogP contribution is -2.22. The maximum Gasteiger partial charge on any atom is 0.239 e. The van der Waals surface area contributed by atoms with Crippen molar-refractivity contribution < 1.29 is 9.18 Å². The minimum atomic E-state index is -0.328. The highest BCUT2D eigenvalue weighted by molar-refractivity contribution is 9.10. The number of fused-ring (bicyclic) bond motifs is 1. The molecule has 0 saturated carbocycles. The summed E-state index contributed by atoms with van der Waals surface area (Å²) < 4.78 is 14.5. The highest BCUT2D eigenvalue weighted by Gasteiger charge is 2.16. The standard InChI is InChI=1S/C12H11Br2FN2OS/c1-2-3-7(13)11(18)17-12-16-10-8(14)4-6(15)5-9(10)19-12/h4-5,7H,2-3H2,1H3,(H,16,17,18). The first-order chi connectivity index (χ1) is 9.01. The number of anilines is 1. The zero-order chi connectivity index (χ0) is 14.0. The summed E-state index contributed by atoms with van der Waals surface area (Å²) in [7, 11) is 0. The van der Waals surface area contributed by atoms with E-state index in [4.69, 9.17) is 0 Å². The van der Waals surface area contributed by atoms with Gasteiger partial charge in [-0.3, -0.25) is 4.79 Å². The van der Waals surface area contributed by atoms with Crippen LogP contribution in [0.1, 0.15) is 19.8 Å². The summed E-state index contributed by atoms with van der Waals surface area (Å²) in [5, 5.41) is 3.22. The van der Waals surface area contributed by atoms with Crippen molar-refractivity contribution in [2.24, 2.45) is 0 Å². The zero-order valence-electron chi connectivity index (χ0n) is 10.0. The van der Waals surface area contributed by atoms with Gasteiger partial charge in [-0.1, -0.05) is 40.6 Å². The molecule has 19 heavy (non-hydrogen) atoms. The van der Waals surface area contributed by atoms with E-state index >= 15 is 0 Å². The number of rotatable bonds is 4. The van der Waals surface area contributed by atoms with E-state index in [9.17, 15) is 9.18 Å². The van der Waals surface area contributed by atoms with Gasteiger partial charge >= 0.3 is 0 Å². The Kier molecular flexibility index (Phi) is 4.92. The normalized spacial score (nSPS) is 12.6. The molecule has 0 bridgehead atoms. The van der Waals surface area contributed by atoms with Crippen molar-refractivity contribution in [3.05, 3.63) is 22.4 Å². The maximum absolute atomic E-state index is 13.3. The number of benzene rings is 1. The first-order valence-electron chi connectivity index (χ1n) is 5.71. The van der Waals surface area contributed by atoms with Crippen molar-refractivity contribution in [3.8, 4) is 0 Å². The molecule has 1 atom stereocenters. The smallest absolute Gasteiger partial charge is 0.239 e. The Bertz CT molecular complexity index is 617. The van der Waals surface area contributed by atoms with Crippen LogP contribution >= 0.6 is 43.2 Å². The Balaban J connectivity index is 2.22. The number of carbonyl (C=O) groups is 1. The van der Waals surface area contributed by atoms with E-state index in [1.54, 1.807) is 0 Å². The van der Waals surface area contributed by atoms with Gasteiger partial charge in [-0.2, -0.15) is 0 Å². The van der Waals surface area contributed by atoms with Gasteiger partial charge in [0.15, 0.2) is 5.13 Å². The van der Waals surface area contributed by atoms with Crippen LogP contribution in [0.5, 0.6) is 0 Å². The molecule has 1 amide bonds. The third kappa shape index (κ3) is 3.52. The van der Waals surface area contributed by atoms with Gasteiger partial charge in [-0.05, 0) is 34.5 Å². The quantitative estimate of drug-likeness (QED) is 0.743. The zero-order valence-corrected chi connectivity index (χ0v) is 14.0. The van der Waals surface area contributed by atoms with Crippen molar-refractivity contribution >= 4 is 64.5 Å². The van der Waals surface area contributed by atoms with Gasteiger partial charge < -0.3 is 5.32 Å². The molecular formula is C12H11Br2FN2OS. The van der Waals surface area contributed by atoms with Crippen LogP contribution < -0.4 is 5.32 Å². The third-order valence-corrected chi connectivity index (χ3v) is 4.87. The predicted octanol–water partition coefficient (Wildman–Crippen LogP) is 4.70. The number of aromatic nitrogens is 1. The monoisotopic (exact) mass is 408 g/mol. The molecule has 0 saturated heterocycles. The van der Waals surface area contributed by atoms with Gasteiger partial charge in [0.1, 0.15) is 5.82 Å². The Labute approximate surface area is 130 Å². The first-order valence-corrected chi connectivity index (χ1v) is 8.24. The van der Waals surface area contributed by atoms with Crippen molar-refractivity contribution in [2.75, 3.05) is 5.32 Å². The van der Waals surface area contributed by atoms with E-state index in [1.807, 2.05) is 6.92 Å². The van der Waals surface area contributed by atoms with E-state index in [-0.39, 0.29) is 16.6 Å². The van der Waals surface area contributed by atoms with Gasteiger partial charge in [0, 0.05) is 4.47 Å². The number of hydrogen-bond acceptors (Lipinski definition) is 3. The molecule has 1 aromatic carbocycles. The molecule has 1 N–H and O–H groups in total. The van der Waals surface area contributed by atoms with Crippen molar-refractivity contribution in [1.29, 1.82) is 0 Å². The van der Waals surface area contributed by atoms with Crippen molar-refractivity contribution in [1.82, 2.24) is 4.98 Å². The molecule has 2 rings (SSSR count). The molecule has 2 aromatic rings. The van der Waals surface area contributed by atoms with Crippen LogP contribution in [-0.4, -0.2) is 15.7 Å². The highest BCUT2D eigenvalue weighted by atomic mass is 79.9. The Morgan fingerprint density at radius 2 is 2.32 bits per heavy atom. The van der Waals surface area contributed by atoms with Crippen LogP contribution in [0.25, 0.3) is 10.2 Å². The lowest BCUT2D eigenvalue weighted by molar-refractivity contribution is -0.115. The lowest BCUT2D eigenvalue weighted by Gasteiger charge is -2.06. The van der Waals surface area contributed by atoms with E-state index < -0.39 is 0 Å². The third-order valence-electron chi connectivity index (χ3n) is 2.47. The molecule has 0 spiro atoms. The molecule has 1 unspecified atom stereocenters. The highest BCUT2D eigenvalue weighted by Crippen LogP contribution is 2.32. The summed E-state index contributed by atoms with van der Waals surface area (Å²) in [6.07, 6.45) is 1.68. The molecule has 0 fully saturated rings. The summed E-state index contributed by atoms with van der Waals surface area (Å²) in [6.45, 7) is 2.01. The largest absolute Gasteiger partial charge is 0.301 e. The Hall–Kier alpha value is -0.530. The summed E-state index contributed by atoms with van der Waals surface area (Å²) in [5.41, 5.74) is 0.656. The molecule has 0 aliphatic rings. The summed E-state index contributed by atoms with van der Waals surface area (Å²) >= 11 is 7.85. The topological polar surface area (TPSA) is 42.0 Å². The van der Waals surface area contributed by atoms with Crippen LogP contribution in [0.3, 0.4) is 0 Å². The van der Waals surface area contributed by atoms with Gasteiger partial charge in [-0.15, -0.1) is 0 Å². The molecule has 102 valence electrons. The molecule has 0 aliphatic heterocycles. The van der Waals surface area contributed by atoms with Crippen molar-refractivity contribution in [3.63, 3.8) is 0 Å². The minimum Gasteiger partial charge on any atom is -0.301 e. The average Bonchev–Trinajstić information content (AvgIpc) is 2.72. The number of hydrogen-bond donors (Lipinski definition) is 1. The number of halogens is 3.